The van der Waals surface area contributed by atoms with Crippen LogP contribution in [0.15, 0.2) is 4.90 Å². The van der Waals surface area contributed by atoms with Crippen molar-refractivity contribution in [2.75, 3.05) is 0 Å². The van der Waals surface area contributed by atoms with Gasteiger partial charge >= 0.3 is 5.97 Å². The van der Waals surface area contributed by atoms with Gasteiger partial charge in [0.2, 0.25) is 0 Å². The predicted octanol–water partition coefficient (Wildman–Crippen LogP) is -0.266. The van der Waals surface area contributed by atoms with Crippen LogP contribution in [0.3, 0.4) is 0 Å². The predicted molar refractivity (Wildman–Crippen MR) is 59.9 cm³/mol. The SMILES string of the molecule is Cc1nn(CCC(=O)O)c(C)c1S(=O)(=O)NC#N. The monoisotopic (exact) mass is 272 g/mol. The number of aromatic nitrogens is 2. The Morgan fingerprint density at radius 1 is 1.56 bits per heavy atom. The van der Waals surface area contributed by atoms with Crippen molar-refractivity contribution in [1.29, 1.82) is 5.26 Å². The number of hydrogen-bond donors (Lipinski definition) is 2. The Hall–Kier alpha value is -2.08. The van der Waals surface area contributed by atoms with Crippen LogP contribution in [0.2, 0.25) is 0 Å². The van der Waals surface area contributed by atoms with Crippen LogP contribution in [0.5, 0.6) is 0 Å². The lowest BCUT2D eigenvalue weighted by atomic mass is 10.4. The standard InChI is InChI=1S/C9H12N4O4S/c1-6-9(18(16,17)11-5-10)7(2)13(12-6)4-3-8(14)15/h11H,3-4H2,1-2H3,(H,14,15). The number of aliphatic carboxylic acids is 1. The first kappa shape index (κ1) is 14.0. The van der Waals surface area contributed by atoms with Crippen LogP contribution in [0, 0.1) is 25.3 Å². The van der Waals surface area contributed by atoms with Gasteiger partial charge in [0.15, 0.2) is 6.19 Å². The third kappa shape index (κ3) is 2.78. The Bertz CT molecular complexity index is 611. The lowest BCUT2D eigenvalue weighted by molar-refractivity contribution is -0.137. The van der Waals surface area contributed by atoms with E-state index in [-0.39, 0.29) is 23.6 Å². The van der Waals surface area contributed by atoms with E-state index in [1.807, 2.05) is 0 Å². The van der Waals surface area contributed by atoms with Gasteiger partial charge in [0.05, 0.1) is 24.4 Å². The third-order valence-electron chi connectivity index (χ3n) is 2.30. The number of rotatable bonds is 5. The van der Waals surface area contributed by atoms with Gasteiger partial charge in [0.1, 0.15) is 4.90 Å². The molecule has 0 aromatic carbocycles. The topological polar surface area (TPSA) is 125 Å². The second-order valence-electron chi connectivity index (χ2n) is 3.58. The molecule has 0 unspecified atom stereocenters. The number of hydrogen-bond acceptors (Lipinski definition) is 5. The van der Waals surface area contributed by atoms with E-state index in [1.54, 1.807) is 4.72 Å². The molecule has 0 aliphatic carbocycles. The molecule has 9 heteroatoms. The molecule has 0 saturated heterocycles. The van der Waals surface area contributed by atoms with E-state index in [0.717, 1.165) is 0 Å². The van der Waals surface area contributed by atoms with Gasteiger partial charge in [-0.2, -0.15) is 10.4 Å². The smallest absolute Gasteiger partial charge is 0.305 e. The number of aryl methyl sites for hydroxylation is 2. The molecular weight excluding hydrogens is 260 g/mol. The van der Waals surface area contributed by atoms with Crippen molar-refractivity contribution < 1.29 is 18.3 Å². The van der Waals surface area contributed by atoms with Gasteiger partial charge in [0, 0.05) is 0 Å². The molecule has 0 bridgehead atoms. The van der Waals surface area contributed by atoms with Crippen LogP contribution >= 0.6 is 0 Å². The minimum atomic E-state index is -3.93. The largest absolute Gasteiger partial charge is 0.481 e. The normalized spacial score (nSPS) is 10.9. The highest BCUT2D eigenvalue weighted by Crippen LogP contribution is 2.19. The average Bonchev–Trinajstić information content (AvgIpc) is 2.51. The molecule has 0 fully saturated rings. The lowest BCUT2D eigenvalue weighted by Crippen LogP contribution is -2.19. The molecule has 1 heterocycles. The van der Waals surface area contributed by atoms with Crippen molar-refractivity contribution >= 4 is 16.0 Å². The fraction of sp³-hybridized carbons (Fsp3) is 0.444. The maximum Gasteiger partial charge on any atom is 0.305 e. The number of nitrogens with zero attached hydrogens (tertiary/aromatic N) is 3. The first-order valence-corrected chi connectivity index (χ1v) is 6.44. The molecule has 0 aliphatic heterocycles. The molecule has 8 nitrogen and oxygen atoms in total. The van der Waals surface area contributed by atoms with E-state index in [4.69, 9.17) is 10.4 Å². The van der Waals surface area contributed by atoms with Gasteiger partial charge in [-0.15, -0.1) is 0 Å². The molecule has 1 aromatic heterocycles. The maximum absolute atomic E-state index is 11.7. The van der Waals surface area contributed by atoms with Crippen LogP contribution in [0.4, 0.5) is 0 Å². The highest BCUT2D eigenvalue weighted by Gasteiger charge is 2.24. The summed E-state index contributed by atoms with van der Waals surface area (Å²) < 4.78 is 26.5. The van der Waals surface area contributed by atoms with Crippen molar-refractivity contribution in [2.45, 2.75) is 31.7 Å². The Balaban J connectivity index is 3.17. The van der Waals surface area contributed by atoms with Crippen LogP contribution < -0.4 is 4.72 Å². The Morgan fingerprint density at radius 3 is 2.67 bits per heavy atom. The minimum Gasteiger partial charge on any atom is -0.481 e. The molecular formula is C9H12N4O4S. The number of carbonyl (C=O) groups is 1. The molecule has 0 atom stereocenters. The molecule has 0 spiro atoms. The van der Waals surface area contributed by atoms with Gasteiger partial charge in [-0.05, 0) is 13.8 Å². The third-order valence-corrected chi connectivity index (χ3v) is 3.79. The summed E-state index contributed by atoms with van der Waals surface area (Å²) in [4.78, 5) is 10.4. The molecule has 0 radical (unpaired) electrons. The van der Waals surface area contributed by atoms with E-state index < -0.39 is 16.0 Å². The van der Waals surface area contributed by atoms with Gasteiger partial charge < -0.3 is 5.11 Å². The van der Waals surface area contributed by atoms with Crippen molar-refractivity contribution in [3.8, 4) is 6.19 Å². The van der Waals surface area contributed by atoms with Gasteiger partial charge in [0.25, 0.3) is 10.0 Å². The fourth-order valence-electron chi connectivity index (χ4n) is 1.60. The highest BCUT2D eigenvalue weighted by atomic mass is 32.2. The van der Waals surface area contributed by atoms with Crippen LogP contribution in [-0.4, -0.2) is 29.3 Å². The fourth-order valence-corrected chi connectivity index (χ4v) is 2.75. The number of sulfonamides is 1. The van der Waals surface area contributed by atoms with E-state index >= 15 is 0 Å². The van der Waals surface area contributed by atoms with Crippen LogP contribution in [0.25, 0.3) is 0 Å². The summed E-state index contributed by atoms with van der Waals surface area (Å²) in [5, 5.41) is 20.9. The number of carboxylic acids is 1. The van der Waals surface area contributed by atoms with Crippen molar-refractivity contribution in [1.82, 2.24) is 14.5 Å². The number of nitrogens with one attached hydrogen (secondary N) is 1. The zero-order chi connectivity index (χ0) is 13.9. The zero-order valence-corrected chi connectivity index (χ0v) is 10.7. The summed E-state index contributed by atoms with van der Waals surface area (Å²) in [6, 6.07) is 0. The first-order chi connectivity index (χ1) is 8.29. The highest BCUT2D eigenvalue weighted by molar-refractivity contribution is 7.89. The number of nitriles is 1. The molecule has 98 valence electrons. The van der Waals surface area contributed by atoms with E-state index in [0.29, 0.717) is 5.69 Å². The lowest BCUT2D eigenvalue weighted by Gasteiger charge is -2.03. The molecule has 1 rings (SSSR count). The molecule has 2 N–H and O–H groups in total. The van der Waals surface area contributed by atoms with Crippen LogP contribution in [-0.2, 0) is 21.4 Å². The Morgan fingerprint density at radius 2 is 2.17 bits per heavy atom. The summed E-state index contributed by atoms with van der Waals surface area (Å²) in [6.45, 7) is 3.06. The number of carboxylic acid groups (broad SMARTS) is 1. The summed E-state index contributed by atoms with van der Waals surface area (Å²) in [5.41, 5.74) is 0.525. The Kier molecular flexibility index (Phi) is 3.93. The maximum atomic E-state index is 11.7. The Labute approximate surface area is 104 Å². The van der Waals surface area contributed by atoms with Crippen LogP contribution in [0.1, 0.15) is 17.8 Å². The molecule has 0 saturated carbocycles. The van der Waals surface area contributed by atoms with Gasteiger partial charge in [-0.25, -0.2) is 13.1 Å². The summed E-state index contributed by atoms with van der Waals surface area (Å²) in [5.74, 6) is -0.998. The van der Waals surface area contributed by atoms with E-state index in [9.17, 15) is 13.2 Å². The summed E-state index contributed by atoms with van der Waals surface area (Å²) >= 11 is 0. The van der Waals surface area contributed by atoms with Crippen molar-refractivity contribution in [3.05, 3.63) is 11.4 Å². The molecule has 1 aromatic rings. The van der Waals surface area contributed by atoms with E-state index in [2.05, 4.69) is 5.10 Å². The summed E-state index contributed by atoms with van der Waals surface area (Å²) in [6.07, 6.45) is 1.19. The summed E-state index contributed by atoms with van der Waals surface area (Å²) in [7, 11) is -3.93. The minimum absolute atomic E-state index is 0.0735. The second-order valence-corrected chi connectivity index (χ2v) is 5.20. The van der Waals surface area contributed by atoms with Crippen molar-refractivity contribution in [3.63, 3.8) is 0 Å². The average molecular weight is 272 g/mol. The van der Waals surface area contributed by atoms with Crippen molar-refractivity contribution in [2.24, 2.45) is 0 Å². The first-order valence-electron chi connectivity index (χ1n) is 4.96. The quantitative estimate of drug-likeness (QED) is 0.561. The molecule has 18 heavy (non-hydrogen) atoms. The molecule has 0 amide bonds. The second kappa shape index (κ2) is 5.05. The zero-order valence-electron chi connectivity index (χ0n) is 9.84. The van der Waals surface area contributed by atoms with Gasteiger partial charge in [-0.3, -0.25) is 9.48 Å². The van der Waals surface area contributed by atoms with E-state index in [1.165, 1.54) is 24.7 Å². The van der Waals surface area contributed by atoms with Gasteiger partial charge in [-0.1, -0.05) is 0 Å². The molecule has 0 aliphatic rings.